The molecule has 15 heavy (non-hydrogen) atoms. The van der Waals surface area contributed by atoms with Crippen molar-refractivity contribution in [2.75, 3.05) is 18.5 Å². The third kappa shape index (κ3) is 10.7. The molecule has 0 spiro atoms. The van der Waals surface area contributed by atoms with E-state index in [9.17, 15) is 0 Å². The average Bonchev–Trinajstić information content (AvgIpc) is 2.27. The van der Waals surface area contributed by atoms with Crippen LogP contribution in [0.1, 0.15) is 51.9 Å². The molecule has 0 heterocycles. The van der Waals surface area contributed by atoms with Gasteiger partial charge in [0.15, 0.2) is 0 Å². The summed E-state index contributed by atoms with van der Waals surface area (Å²) in [6, 6.07) is 0. The molecule has 0 aliphatic rings. The topological polar surface area (TPSA) is 29.5 Å². The lowest BCUT2D eigenvalue weighted by Gasteiger charge is -2.14. The number of alkyl halides is 1. The van der Waals surface area contributed by atoms with Crippen molar-refractivity contribution in [3.63, 3.8) is 0 Å². The molecule has 0 aromatic rings. The first kappa shape index (κ1) is 15.4. The van der Waals surface area contributed by atoms with E-state index in [1.54, 1.807) is 0 Å². The Kier molecular flexibility index (Phi) is 12.8. The van der Waals surface area contributed by atoms with Gasteiger partial charge in [-0.1, -0.05) is 48.5 Å². The Morgan fingerprint density at radius 3 is 2.47 bits per heavy atom. The standard InChI is InChI=1S/C12H25BrO2/c1-2-3-8-12(11-13)15-10-7-5-4-6-9-14/h12,14H,2-11H2,1H3. The minimum absolute atomic E-state index is 0.321. The molecule has 1 atom stereocenters. The normalized spacial score (nSPS) is 13.0. The minimum Gasteiger partial charge on any atom is -0.396 e. The van der Waals surface area contributed by atoms with Gasteiger partial charge in [-0.3, -0.25) is 0 Å². The van der Waals surface area contributed by atoms with E-state index in [2.05, 4.69) is 22.9 Å². The van der Waals surface area contributed by atoms with E-state index in [0.717, 1.165) is 31.2 Å². The molecule has 0 amide bonds. The van der Waals surface area contributed by atoms with Crippen LogP contribution < -0.4 is 0 Å². The Balaban J connectivity index is 3.22. The number of hydrogen-bond acceptors (Lipinski definition) is 2. The molecule has 92 valence electrons. The van der Waals surface area contributed by atoms with E-state index in [1.165, 1.54) is 25.7 Å². The van der Waals surface area contributed by atoms with Crippen molar-refractivity contribution in [1.29, 1.82) is 0 Å². The van der Waals surface area contributed by atoms with E-state index in [4.69, 9.17) is 9.84 Å². The molecule has 0 saturated heterocycles. The van der Waals surface area contributed by atoms with Crippen LogP contribution in [0.3, 0.4) is 0 Å². The van der Waals surface area contributed by atoms with Gasteiger partial charge in [0.1, 0.15) is 0 Å². The smallest absolute Gasteiger partial charge is 0.0671 e. The second-order valence-electron chi connectivity index (χ2n) is 3.93. The van der Waals surface area contributed by atoms with Gasteiger partial charge in [0.25, 0.3) is 0 Å². The van der Waals surface area contributed by atoms with Crippen molar-refractivity contribution < 1.29 is 9.84 Å². The van der Waals surface area contributed by atoms with Gasteiger partial charge < -0.3 is 9.84 Å². The monoisotopic (exact) mass is 280 g/mol. The molecule has 2 nitrogen and oxygen atoms in total. The fraction of sp³-hybridized carbons (Fsp3) is 1.00. The zero-order valence-corrected chi connectivity index (χ0v) is 11.5. The van der Waals surface area contributed by atoms with Gasteiger partial charge in [-0.15, -0.1) is 0 Å². The number of aliphatic hydroxyl groups is 1. The summed E-state index contributed by atoms with van der Waals surface area (Å²) in [6.45, 7) is 3.40. The fourth-order valence-corrected chi connectivity index (χ4v) is 1.96. The fourth-order valence-electron chi connectivity index (χ4n) is 1.45. The number of halogens is 1. The van der Waals surface area contributed by atoms with Crippen LogP contribution in [-0.2, 0) is 4.74 Å². The molecule has 0 rings (SSSR count). The molecule has 0 bridgehead atoms. The maximum absolute atomic E-state index is 8.61. The van der Waals surface area contributed by atoms with Crippen molar-refractivity contribution in [1.82, 2.24) is 0 Å². The molecule has 1 unspecified atom stereocenters. The van der Waals surface area contributed by atoms with E-state index in [0.29, 0.717) is 12.7 Å². The maximum atomic E-state index is 8.61. The predicted molar refractivity (Wildman–Crippen MR) is 68.6 cm³/mol. The first-order chi connectivity index (χ1) is 7.35. The maximum Gasteiger partial charge on any atom is 0.0671 e. The Morgan fingerprint density at radius 2 is 1.87 bits per heavy atom. The lowest BCUT2D eigenvalue weighted by atomic mass is 10.2. The van der Waals surface area contributed by atoms with Crippen molar-refractivity contribution >= 4 is 15.9 Å². The first-order valence-corrected chi connectivity index (χ1v) is 7.25. The molecule has 3 heteroatoms. The lowest BCUT2D eigenvalue weighted by molar-refractivity contribution is 0.0598. The van der Waals surface area contributed by atoms with Crippen LogP contribution in [0, 0.1) is 0 Å². The average molecular weight is 281 g/mol. The minimum atomic E-state index is 0.321. The van der Waals surface area contributed by atoms with Crippen LogP contribution in [0.5, 0.6) is 0 Å². The van der Waals surface area contributed by atoms with Gasteiger partial charge in [0.2, 0.25) is 0 Å². The second-order valence-corrected chi connectivity index (χ2v) is 4.57. The van der Waals surface area contributed by atoms with Gasteiger partial charge in [0.05, 0.1) is 6.10 Å². The summed E-state index contributed by atoms with van der Waals surface area (Å²) in [6.07, 6.45) is 8.38. The highest BCUT2D eigenvalue weighted by atomic mass is 79.9. The summed E-state index contributed by atoms with van der Waals surface area (Å²) >= 11 is 3.48. The molecule has 0 fully saturated rings. The molecule has 0 radical (unpaired) electrons. The van der Waals surface area contributed by atoms with Crippen LogP contribution in [0.2, 0.25) is 0 Å². The summed E-state index contributed by atoms with van der Waals surface area (Å²) in [7, 11) is 0. The quantitative estimate of drug-likeness (QED) is 0.464. The SMILES string of the molecule is CCCCC(CBr)OCCCCCCO. The van der Waals surface area contributed by atoms with Crippen molar-refractivity contribution in [2.45, 2.75) is 58.0 Å². The van der Waals surface area contributed by atoms with Crippen LogP contribution in [0.4, 0.5) is 0 Å². The third-order valence-electron chi connectivity index (χ3n) is 2.46. The zero-order valence-electron chi connectivity index (χ0n) is 9.88. The summed E-state index contributed by atoms with van der Waals surface area (Å²) in [4.78, 5) is 0. The molecule has 0 aliphatic carbocycles. The molecule has 1 N–H and O–H groups in total. The number of aliphatic hydroxyl groups excluding tert-OH is 1. The highest BCUT2D eigenvalue weighted by molar-refractivity contribution is 9.09. The number of unbranched alkanes of at least 4 members (excludes halogenated alkanes) is 4. The van der Waals surface area contributed by atoms with Crippen molar-refractivity contribution in [3.05, 3.63) is 0 Å². The molecular weight excluding hydrogens is 256 g/mol. The van der Waals surface area contributed by atoms with Crippen LogP contribution in [0.15, 0.2) is 0 Å². The van der Waals surface area contributed by atoms with Gasteiger partial charge in [-0.05, 0) is 19.3 Å². The molecule has 0 aromatic carbocycles. The molecule has 0 saturated carbocycles. The summed E-state index contributed by atoms with van der Waals surface area (Å²) in [5, 5.41) is 9.56. The highest BCUT2D eigenvalue weighted by Crippen LogP contribution is 2.09. The third-order valence-corrected chi connectivity index (χ3v) is 3.18. The van der Waals surface area contributed by atoms with E-state index in [-0.39, 0.29) is 0 Å². The number of hydrogen-bond donors (Lipinski definition) is 1. The Hall–Kier alpha value is 0.400. The summed E-state index contributed by atoms with van der Waals surface area (Å²) < 4.78 is 5.76. The lowest BCUT2D eigenvalue weighted by Crippen LogP contribution is -2.15. The van der Waals surface area contributed by atoms with Crippen molar-refractivity contribution in [2.24, 2.45) is 0 Å². The largest absolute Gasteiger partial charge is 0.396 e. The van der Waals surface area contributed by atoms with E-state index in [1.807, 2.05) is 0 Å². The van der Waals surface area contributed by atoms with Gasteiger partial charge in [-0.25, -0.2) is 0 Å². The second kappa shape index (κ2) is 12.5. The Bertz CT molecular complexity index is 120. The first-order valence-electron chi connectivity index (χ1n) is 6.13. The summed E-state index contributed by atoms with van der Waals surface area (Å²) in [5.41, 5.74) is 0. The summed E-state index contributed by atoms with van der Waals surface area (Å²) in [5.74, 6) is 0. The zero-order chi connectivity index (χ0) is 11.4. The van der Waals surface area contributed by atoms with Crippen LogP contribution >= 0.6 is 15.9 Å². The van der Waals surface area contributed by atoms with E-state index >= 15 is 0 Å². The molecule has 0 aromatic heterocycles. The van der Waals surface area contributed by atoms with Crippen molar-refractivity contribution in [3.8, 4) is 0 Å². The Morgan fingerprint density at radius 1 is 1.13 bits per heavy atom. The number of rotatable bonds is 11. The Labute approximate surface area is 103 Å². The van der Waals surface area contributed by atoms with Crippen LogP contribution in [-0.4, -0.2) is 29.8 Å². The van der Waals surface area contributed by atoms with Crippen LogP contribution in [0.25, 0.3) is 0 Å². The van der Waals surface area contributed by atoms with E-state index < -0.39 is 0 Å². The van der Waals surface area contributed by atoms with Gasteiger partial charge >= 0.3 is 0 Å². The van der Waals surface area contributed by atoms with Gasteiger partial charge in [0, 0.05) is 18.5 Å². The van der Waals surface area contributed by atoms with Gasteiger partial charge in [-0.2, -0.15) is 0 Å². The molecule has 0 aliphatic heterocycles. The predicted octanol–water partition coefficient (Wildman–Crippen LogP) is 3.51. The molecular formula is C12H25BrO2. The highest BCUT2D eigenvalue weighted by Gasteiger charge is 2.05. The number of ether oxygens (including phenoxy) is 1.